The predicted octanol–water partition coefficient (Wildman–Crippen LogP) is 4.11. The third-order valence-corrected chi connectivity index (χ3v) is 3.93. The average Bonchev–Trinajstić information content (AvgIpc) is 2.32. The Bertz CT molecular complexity index is 190. The van der Waals surface area contributed by atoms with E-state index in [1.807, 2.05) is 0 Å². The molecule has 2 nitrogen and oxygen atoms in total. The molecule has 1 atom stereocenters. The third-order valence-electron chi connectivity index (χ3n) is 3.93. The standard InChI is InChI=1S/C16H35NO/c1-14(2)15(17)11-9-7-5-6-8-10-12-16(3,4)13-18/h14-15,18H,5-13,17H2,1-4H3. The van der Waals surface area contributed by atoms with Crippen LogP contribution >= 0.6 is 0 Å². The van der Waals surface area contributed by atoms with Crippen molar-refractivity contribution in [1.82, 2.24) is 0 Å². The van der Waals surface area contributed by atoms with Gasteiger partial charge in [0.1, 0.15) is 0 Å². The minimum Gasteiger partial charge on any atom is -0.396 e. The van der Waals surface area contributed by atoms with Crippen molar-refractivity contribution in [3.63, 3.8) is 0 Å². The molecule has 0 fully saturated rings. The maximum atomic E-state index is 9.15. The summed E-state index contributed by atoms with van der Waals surface area (Å²) in [4.78, 5) is 0. The lowest BCUT2D eigenvalue weighted by molar-refractivity contribution is 0.147. The highest BCUT2D eigenvalue weighted by molar-refractivity contribution is 4.67. The van der Waals surface area contributed by atoms with Crippen molar-refractivity contribution >= 4 is 0 Å². The van der Waals surface area contributed by atoms with Crippen LogP contribution < -0.4 is 5.73 Å². The van der Waals surface area contributed by atoms with Gasteiger partial charge in [-0.3, -0.25) is 0 Å². The fourth-order valence-corrected chi connectivity index (χ4v) is 2.10. The summed E-state index contributed by atoms with van der Waals surface area (Å²) in [5, 5.41) is 9.15. The first-order chi connectivity index (χ1) is 8.39. The van der Waals surface area contributed by atoms with Gasteiger partial charge in [0.2, 0.25) is 0 Å². The van der Waals surface area contributed by atoms with Gasteiger partial charge in [-0.05, 0) is 24.2 Å². The van der Waals surface area contributed by atoms with Gasteiger partial charge >= 0.3 is 0 Å². The van der Waals surface area contributed by atoms with Gasteiger partial charge < -0.3 is 10.8 Å². The van der Waals surface area contributed by atoms with Crippen LogP contribution in [0.2, 0.25) is 0 Å². The molecule has 0 aliphatic rings. The van der Waals surface area contributed by atoms with Crippen LogP contribution in [0.5, 0.6) is 0 Å². The Morgan fingerprint density at radius 2 is 1.44 bits per heavy atom. The highest BCUT2D eigenvalue weighted by atomic mass is 16.3. The Labute approximate surface area is 114 Å². The summed E-state index contributed by atoms with van der Waals surface area (Å²) in [5.74, 6) is 0.616. The molecule has 1 unspecified atom stereocenters. The van der Waals surface area contributed by atoms with Crippen LogP contribution in [0.1, 0.15) is 79.1 Å². The van der Waals surface area contributed by atoms with Gasteiger partial charge in [-0.1, -0.05) is 66.2 Å². The number of hydrogen-bond acceptors (Lipinski definition) is 2. The van der Waals surface area contributed by atoms with E-state index in [0.717, 1.165) is 6.42 Å². The van der Waals surface area contributed by atoms with Crippen molar-refractivity contribution < 1.29 is 5.11 Å². The lowest BCUT2D eigenvalue weighted by Gasteiger charge is -2.21. The van der Waals surface area contributed by atoms with Gasteiger partial charge in [-0.25, -0.2) is 0 Å². The molecule has 2 heteroatoms. The Morgan fingerprint density at radius 3 is 1.94 bits per heavy atom. The quantitative estimate of drug-likeness (QED) is 0.547. The number of aliphatic hydroxyl groups is 1. The molecular weight excluding hydrogens is 222 g/mol. The topological polar surface area (TPSA) is 46.2 Å². The first-order valence-corrected chi connectivity index (χ1v) is 7.75. The van der Waals surface area contributed by atoms with Crippen molar-refractivity contribution in [1.29, 1.82) is 0 Å². The number of hydrogen-bond donors (Lipinski definition) is 2. The molecule has 0 heterocycles. The van der Waals surface area contributed by atoms with Crippen molar-refractivity contribution in [2.45, 2.75) is 85.1 Å². The molecule has 18 heavy (non-hydrogen) atoms. The SMILES string of the molecule is CC(C)C(N)CCCCCCCCC(C)(C)CO. The summed E-state index contributed by atoms with van der Waals surface area (Å²) >= 11 is 0. The lowest BCUT2D eigenvalue weighted by atomic mass is 9.88. The summed E-state index contributed by atoms with van der Waals surface area (Å²) in [7, 11) is 0. The van der Waals surface area contributed by atoms with Crippen molar-refractivity contribution in [3.8, 4) is 0 Å². The van der Waals surface area contributed by atoms with E-state index in [4.69, 9.17) is 10.8 Å². The Morgan fingerprint density at radius 1 is 0.944 bits per heavy atom. The molecule has 0 spiro atoms. The van der Waals surface area contributed by atoms with E-state index in [2.05, 4.69) is 27.7 Å². The second kappa shape index (κ2) is 9.80. The smallest absolute Gasteiger partial charge is 0.0482 e. The van der Waals surface area contributed by atoms with Crippen LogP contribution in [0, 0.1) is 11.3 Å². The van der Waals surface area contributed by atoms with E-state index in [0.29, 0.717) is 18.6 Å². The van der Waals surface area contributed by atoms with Gasteiger partial charge in [0.05, 0.1) is 0 Å². The molecule has 0 bridgehead atoms. The van der Waals surface area contributed by atoms with Crippen molar-refractivity contribution in [3.05, 3.63) is 0 Å². The third kappa shape index (κ3) is 9.90. The second-order valence-corrected chi connectivity index (χ2v) is 6.89. The van der Waals surface area contributed by atoms with Crippen molar-refractivity contribution in [2.24, 2.45) is 17.1 Å². The number of aliphatic hydroxyl groups excluding tert-OH is 1. The first kappa shape index (κ1) is 17.9. The molecule has 0 aliphatic heterocycles. The van der Waals surface area contributed by atoms with Crippen LogP contribution in [0.4, 0.5) is 0 Å². The van der Waals surface area contributed by atoms with Crippen LogP contribution in [-0.4, -0.2) is 17.8 Å². The average molecular weight is 257 g/mol. The van der Waals surface area contributed by atoms with E-state index >= 15 is 0 Å². The molecule has 0 saturated carbocycles. The van der Waals surface area contributed by atoms with Crippen LogP contribution in [-0.2, 0) is 0 Å². The zero-order chi connectivity index (χ0) is 14.0. The molecule has 0 aromatic carbocycles. The molecule has 0 radical (unpaired) electrons. The number of nitrogens with two attached hydrogens (primary N) is 1. The lowest BCUT2D eigenvalue weighted by Crippen LogP contribution is -2.25. The fourth-order valence-electron chi connectivity index (χ4n) is 2.10. The van der Waals surface area contributed by atoms with Gasteiger partial charge in [0.15, 0.2) is 0 Å². The van der Waals surface area contributed by atoms with Gasteiger partial charge in [0, 0.05) is 12.6 Å². The van der Waals surface area contributed by atoms with E-state index < -0.39 is 0 Å². The van der Waals surface area contributed by atoms with Crippen LogP contribution in [0.15, 0.2) is 0 Å². The Kier molecular flexibility index (Phi) is 9.76. The molecule has 0 aliphatic carbocycles. The zero-order valence-corrected chi connectivity index (χ0v) is 13.0. The van der Waals surface area contributed by atoms with E-state index in [1.54, 1.807) is 0 Å². The molecule has 0 saturated heterocycles. The molecule has 0 aromatic heterocycles. The summed E-state index contributed by atoms with van der Waals surface area (Å²) < 4.78 is 0. The summed E-state index contributed by atoms with van der Waals surface area (Å²) in [6.07, 6.45) is 10.1. The van der Waals surface area contributed by atoms with Gasteiger partial charge in [-0.15, -0.1) is 0 Å². The Hall–Kier alpha value is -0.0800. The van der Waals surface area contributed by atoms with Crippen LogP contribution in [0.3, 0.4) is 0 Å². The monoisotopic (exact) mass is 257 g/mol. The molecule has 0 aromatic rings. The summed E-state index contributed by atoms with van der Waals surface area (Å²) in [6.45, 7) is 8.99. The molecular formula is C16H35NO. The van der Waals surface area contributed by atoms with Crippen molar-refractivity contribution in [2.75, 3.05) is 6.61 Å². The summed E-state index contributed by atoms with van der Waals surface area (Å²) in [6, 6.07) is 0.385. The van der Waals surface area contributed by atoms with Gasteiger partial charge in [-0.2, -0.15) is 0 Å². The maximum Gasteiger partial charge on any atom is 0.0482 e. The predicted molar refractivity (Wildman–Crippen MR) is 80.6 cm³/mol. The van der Waals surface area contributed by atoms with E-state index in [9.17, 15) is 0 Å². The highest BCUT2D eigenvalue weighted by Gasteiger charge is 2.15. The normalized spacial score (nSPS) is 14.2. The second-order valence-electron chi connectivity index (χ2n) is 6.89. The van der Waals surface area contributed by atoms with E-state index in [1.165, 1.54) is 44.9 Å². The van der Waals surface area contributed by atoms with Gasteiger partial charge in [0.25, 0.3) is 0 Å². The minimum atomic E-state index is 0.115. The molecule has 0 amide bonds. The largest absolute Gasteiger partial charge is 0.396 e. The first-order valence-electron chi connectivity index (χ1n) is 7.75. The fraction of sp³-hybridized carbons (Fsp3) is 1.00. The zero-order valence-electron chi connectivity index (χ0n) is 13.0. The minimum absolute atomic E-state index is 0.115. The molecule has 3 N–H and O–H groups in total. The number of rotatable bonds is 11. The van der Waals surface area contributed by atoms with E-state index in [-0.39, 0.29) is 5.41 Å². The maximum absolute atomic E-state index is 9.15. The molecule has 110 valence electrons. The summed E-state index contributed by atoms with van der Waals surface area (Å²) in [5.41, 5.74) is 6.13. The number of unbranched alkanes of at least 4 members (excludes halogenated alkanes) is 5. The molecule has 0 rings (SSSR count). The van der Waals surface area contributed by atoms with Crippen LogP contribution in [0.25, 0.3) is 0 Å². The highest BCUT2D eigenvalue weighted by Crippen LogP contribution is 2.23. The Balaban J connectivity index is 3.27.